The van der Waals surface area contributed by atoms with Gasteiger partial charge in [-0.3, -0.25) is 4.79 Å². The molecule has 0 radical (unpaired) electrons. The number of rotatable bonds is 1. The van der Waals surface area contributed by atoms with Gasteiger partial charge in [0.1, 0.15) is 0 Å². The highest BCUT2D eigenvalue weighted by atomic mass is 35.5. The second-order valence-corrected chi connectivity index (χ2v) is 8.30. The van der Waals surface area contributed by atoms with Gasteiger partial charge < -0.3 is 14.8 Å². The van der Waals surface area contributed by atoms with Gasteiger partial charge in [0.25, 0.3) is 5.91 Å². The molecule has 2 aliphatic heterocycles. The maximum atomic E-state index is 12.9. The van der Waals surface area contributed by atoms with Gasteiger partial charge in [-0.25, -0.2) is 0 Å². The highest BCUT2D eigenvalue weighted by Crippen LogP contribution is 2.44. The van der Waals surface area contributed by atoms with Gasteiger partial charge in [0.05, 0.1) is 16.9 Å². The fourth-order valence-electron chi connectivity index (χ4n) is 4.36. The average Bonchev–Trinajstić information content (AvgIpc) is 3.21. The van der Waals surface area contributed by atoms with E-state index < -0.39 is 0 Å². The van der Waals surface area contributed by atoms with Crippen LogP contribution in [0.2, 0.25) is 10.0 Å². The van der Waals surface area contributed by atoms with Gasteiger partial charge in [-0.1, -0.05) is 23.2 Å². The van der Waals surface area contributed by atoms with Gasteiger partial charge >= 0.3 is 0 Å². The van der Waals surface area contributed by atoms with Gasteiger partial charge in [0, 0.05) is 40.6 Å². The Bertz CT molecular complexity index is 1050. The lowest BCUT2D eigenvalue weighted by Crippen LogP contribution is -2.51. The van der Waals surface area contributed by atoms with Crippen LogP contribution in [-0.4, -0.2) is 28.5 Å². The summed E-state index contributed by atoms with van der Waals surface area (Å²) in [6.45, 7) is 1.39. The molecule has 0 bridgehead atoms. The predicted octanol–water partition coefficient (Wildman–Crippen LogP) is 5.34. The number of hydrogen-bond donors (Lipinski definition) is 1. The van der Waals surface area contributed by atoms with Gasteiger partial charge in [-0.2, -0.15) is 0 Å². The number of hydrogen-bond acceptors (Lipinski definition) is 2. The van der Waals surface area contributed by atoms with Crippen LogP contribution >= 0.6 is 23.2 Å². The molecule has 3 aromatic rings. The van der Waals surface area contributed by atoms with Crippen molar-refractivity contribution < 1.29 is 4.79 Å². The lowest BCUT2D eigenvalue weighted by atomic mass is 9.82. The van der Waals surface area contributed by atoms with Gasteiger partial charge in [0.2, 0.25) is 0 Å². The Hall–Kier alpha value is -2.43. The first-order chi connectivity index (χ1) is 13.6. The Morgan fingerprint density at radius 2 is 1.68 bits per heavy atom. The first-order valence-electron chi connectivity index (χ1n) is 9.37. The molecule has 4 nitrogen and oxygen atoms in total. The Labute approximate surface area is 173 Å². The molecule has 0 saturated carbocycles. The summed E-state index contributed by atoms with van der Waals surface area (Å²) >= 11 is 12.2. The highest BCUT2D eigenvalue weighted by molar-refractivity contribution is 6.31. The van der Waals surface area contributed by atoms with E-state index in [1.807, 2.05) is 23.1 Å². The Balaban J connectivity index is 1.41. The van der Waals surface area contributed by atoms with Crippen molar-refractivity contribution in [2.75, 3.05) is 18.4 Å². The highest BCUT2D eigenvalue weighted by Gasteiger charge is 2.42. The molecule has 28 heavy (non-hydrogen) atoms. The molecule has 1 N–H and O–H groups in total. The zero-order chi connectivity index (χ0) is 19.3. The monoisotopic (exact) mass is 411 g/mol. The molecule has 6 heteroatoms. The Kier molecular flexibility index (Phi) is 4.14. The van der Waals surface area contributed by atoms with Crippen LogP contribution in [0.5, 0.6) is 0 Å². The molecule has 1 fully saturated rings. The largest absolute Gasteiger partial charge is 0.372 e. The summed E-state index contributed by atoms with van der Waals surface area (Å²) in [5, 5.41) is 5.11. The first kappa shape index (κ1) is 17.7. The second-order valence-electron chi connectivity index (χ2n) is 7.43. The summed E-state index contributed by atoms with van der Waals surface area (Å²) in [7, 11) is 0. The third kappa shape index (κ3) is 2.79. The topological polar surface area (TPSA) is 37.3 Å². The summed E-state index contributed by atoms with van der Waals surface area (Å²) in [6.07, 6.45) is 3.77. The van der Waals surface area contributed by atoms with Crippen molar-refractivity contribution in [3.63, 3.8) is 0 Å². The molecule has 1 saturated heterocycles. The number of likely N-dealkylation sites (tertiary alicyclic amines) is 1. The van der Waals surface area contributed by atoms with Crippen molar-refractivity contribution in [1.82, 2.24) is 9.47 Å². The average molecular weight is 412 g/mol. The fraction of sp³-hybridized carbons (Fsp3) is 0.227. The zero-order valence-corrected chi connectivity index (χ0v) is 16.7. The first-order valence-corrected chi connectivity index (χ1v) is 10.1. The molecule has 0 aliphatic carbocycles. The number of carbonyl (C=O) groups is 1. The number of anilines is 1. The van der Waals surface area contributed by atoms with Crippen LogP contribution in [0.15, 0.2) is 60.8 Å². The number of benzene rings is 2. The summed E-state index contributed by atoms with van der Waals surface area (Å²) in [4.78, 5) is 14.8. The lowest BCUT2D eigenvalue weighted by Gasteiger charge is -2.46. The van der Waals surface area contributed by atoms with E-state index in [4.69, 9.17) is 23.2 Å². The molecule has 2 aromatic carbocycles. The SMILES string of the molecule is O=C(c1ccc(Cl)cc1)N1CCC2(CC1)Nc1ccc(Cl)cc1-n1cccc12. The van der Waals surface area contributed by atoms with Crippen LogP contribution in [-0.2, 0) is 5.54 Å². The molecule has 1 aromatic heterocycles. The maximum Gasteiger partial charge on any atom is 0.253 e. The fourth-order valence-corrected chi connectivity index (χ4v) is 4.65. The van der Waals surface area contributed by atoms with Crippen LogP contribution in [0.4, 0.5) is 5.69 Å². The normalized spacial score (nSPS) is 17.0. The van der Waals surface area contributed by atoms with Crippen LogP contribution in [0.1, 0.15) is 28.9 Å². The minimum Gasteiger partial charge on any atom is -0.372 e. The molecule has 2 aliphatic rings. The van der Waals surface area contributed by atoms with Crippen molar-refractivity contribution in [3.05, 3.63) is 82.1 Å². The lowest BCUT2D eigenvalue weighted by molar-refractivity contribution is 0.0676. The van der Waals surface area contributed by atoms with Crippen LogP contribution in [0.3, 0.4) is 0 Å². The van der Waals surface area contributed by atoms with Crippen LogP contribution in [0.25, 0.3) is 5.69 Å². The van der Waals surface area contributed by atoms with E-state index in [1.54, 1.807) is 24.3 Å². The van der Waals surface area contributed by atoms with Crippen molar-refractivity contribution in [1.29, 1.82) is 0 Å². The number of amides is 1. The van der Waals surface area contributed by atoms with E-state index in [9.17, 15) is 4.79 Å². The predicted molar refractivity (Wildman–Crippen MR) is 113 cm³/mol. The summed E-state index contributed by atoms with van der Waals surface area (Å²) < 4.78 is 2.22. The summed E-state index contributed by atoms with van der Waals surface area (Å²) in [6, 6.07) is 17.3. The van der Waals surface area contributed by atoms with Crippen molar-refractivity contribution in [2.45, 2.75) is 18.4 Å². The minimum absolute atomic E-state index is 0.0601. The van der Waals surface area contributed by atoms with Crippen LogP contribution in [0, 0.1) is 0 Å². The number of carbonyl (C=O) groups excluding carboxylic acids is 1. The molecule has 1 spiro atoms. The third-order valence-electron chi connectivity index (χ3n) is 5.83. The third-order valence-corrected chi connectivity index (χ3v) is 6.31. The molecule has 3 heterocycles. The van der Waals surface area contributed by atoms with Crippen molar-refractivity contribution >= 4 is 34.8 Å². The summed E-state index contributed by atoms with van der Waals surface area (Å²) in [5.41, 5.74) is 3.87. The number of halogens is 2. The van der Waals surface area contributed by atoms with Crippen molar-refractivity contribution in [3.8, 4) is 5.69 Å². The van der Waals surface area contributed by atoms with E-state index in [-0.39, 0.29) is 11.4 Å². The smallest absolute Gasteiger partial charge is 0.253 e. The van der Waals surface area contributed by atoms with Crippen molar-refractivity contribution in [2.24, 2.45) is 0 Å². The number of aromatic nitrogens is 1. The number of fused-ring (bicyclic) bond motifs is 4. The molecular weight excluding hydrogens is 393 g/mol. The van der Waals surface area contributed by atoms with Crippen LogP contribution < -0.4 is 5.32 Å². The zero-order valence-electron chi connectivity index (χ0n) is 15.2. The number of nitrogens with one attached hydrogen (secondary N) is 1. The Morgan fingerprint density at radius 1 is 0.964 bits per heavy atom. The quantitative estimate of drug-likeness (QED) is 0.586. The summed E-state index contributed by atoms with van der Waals surface area (Å²) in [5.74, 6) is 0.0601. The molecular formula is C22H19Cl2N3O. The van der Waals surface area contributed by atoms with E-state index in [0.717, 1.165) is 29.2 Å². The standard InChI is InChI=1S/C22H19Cl2N3O/c23-16-5-3-15(4-6-16)21(28)26-12-9-22(10-13-26)20-2-1-11-27(20)19-14-17(24)7-8-18(19)25-22/h1-8,11,14,25H,9-10,12-13H2. The van der Waals surface area contributed by atoms with E-state index >= 15 is 0 Å². The van der Waals surface area contributed by atoms with E-state index in [0.29, 0.717) is 23.7 Å². The molecule has 142 valence electrons. The van der Waals surface area contributed by atoms with E-state index in [2.05, 4.69) is 28.2 Å². The molecule has 5 rings (SSSR count). The van der Waals surface area contributed by atoms with Gasteiger partial charge in [-0.05, 0) is 67.4 Å². The second kappa shape index (κ2) is 6.57. The van der Waals surface area contributed by atoms with Gasteiger partial charge in [-0.15, -0.1) is 0 Å². The maximum absolute atomic E-state index is 12.9. The molecule has 1 amide bonds. The van der Waals surface area contributed by atoms with Gasteiger partial charge in [0.15, 0.2) is 0 Å². The Morgan fingerprint density at radius 3 is 2.43 bits per heavy atom. The van der Waals surface area contributed by atoms with E-state index in [1.165, 1.54) is 5.69 Å². The molecule has 0 unspecified atom stereocenters. The molecule has 0 atom stereocenters. The minimum atomic E-state index is -0.179. The number of piperidine rings is 1. The number of nitrogens with zero attached hydrogens (tertiary/aromatic N) is 2.